The molecule has 3 nitrogen and oxygen atoms in total. The van der Waals surface area contributed by atoms with Gasteiger partial charge in [-0.15, -0.1) is 22.7 Å². The van der Waals surface area contributed by atoms with Gasteiger partial charge in [0.15, 0.2) is 0 Å². The van der Waals surface area contributed by atoms with Gasteiger partial charge in [-0.3, -0.25) is 14.9 Å². The molecule has 104 valence electrons. The van der Waals surface area contributed by atoms with Crippen LogP contribution in [-0.2, 0) is 9.59 Å². The molecule has 0 unspecified atom stereocenters. The fraction of sp³-hybridized carbons (Fsp3) is 0. The molecule has 1 aliphatic heterocycles. The lowest BCUT2D eigenvalue weighted by atomic mass is 10.1. The third kappa shape index (κ3) is 3.09. The fourth-order valence-corrected chi connectivity index (χ4v) is 3.77. The molecule has 0 bridgehead atoms. The molecule has 1 N–H and O–H groups in total. The number of hydrogen-bond acceptors (Lipinski definition) is 4. The Morgan fingerprint density at radius 2 is 1.43 bits per heavy atom. The Morgan fingerprint density at radius 1 is 0.810 bits per heavy atom. The first-order valence-corrected chi connectivity index (χ1v) is 8.03. The van der Waals surface area contributed by atoms with Gasteiger partial charge in [0.25, 0.3) is 11.8 Å². The third-order valence-corrected chi connectivity index (χ3v) is 4.81. The number of carbonyl (C=O) groups is 2. The summed E-state index contributed by atoms with van der Waals surface area (Å²) in [6.07, 6.45) is 1.32. The van der Waals surface area contributed by atoms with Crippen LogP contribution in [0.5, 0.6) is 0 Å². The highest BCUT2D eigenvalue weighted by molar-refractivity contribution is 7.25. The molecular formula is C16H11NO2S2. The molecule has 0 saturated heterocycles. The van der Waals surface area contributed by atoms with Crippen molar-refractivity contribution >= 4 is 49.5 Å². The van der Waals surface area contributed by atoms with Gasteiger partial charge in [-0.25, -0.2) is 0 Å². The Morgan fingerprint density at radius 3 is 1.95 bits per heavy atom. The van der Waals surface area contributed by atoms with Crippen LogP contribution in [0, 0.1) is 0 Å². The lowest BCUT2D eigenvalue weighted by molar-refractivity contribution is -0.123. The van der Waals surface area contributed by atoms with Gasteiger partial charge in [0.1, 0.15) is 0 Å². The van der Waals surface area contributed by atoms with Crippen LogP contribution in [0.3, 0.4) is 0 Å². The largest absolute Gasteiger partial charge is 0.289 e. The van der Waals surface area contributed by atoms with Gasteiger partial charge in [-0.2, -0.15) is 0 Å². The van der Waals surface area contributed by atoms with E-state index in [-0.39, 0.29) is 11.8 Å². The summed E-state index contributed by atoms with van der Waals surface area (Å²) in [6.45, 7) is 0. The third-order valence-electron chi connectivity index (χ3n) is 2.91. The van der Waals surface area contributed by atoms with Crippen molar-refractivity contribution in [2.45, 2.75) is 0 Å². The highest BCUT2D eigenvalue weighted by atomic mass is 32.1. The molecule has 0 fully saturated rings. The monoisotopic (exact) mass is 313 g/mol. The zero-order valence-electron chi connectivity index (χ0n) is 10.9. The number of fused-ring (bicyclic) bond motifs is 1. The highest BCUT2D eigenvalue weighted by Crippen LogP contribution is 2.25. The van der Waals surface area contributed by atoms with Crippen LogP contribution in [0.2, 0.25) is 0 Å². The van der Waals surface area contributed by atoms with Gasteiger partial charge in [0.2, 0.25) is 0 Å². The Bertz CT molecular complexity index is 764. The quantitative estimate of drug-likeness (QED) is 0.696. The van der Waals surface area contributed by atoms with Gasteiger partial charge in [-0.1, -0.05) is 30.3 Å². The molecule has 3 heterocycles. The van der Waals surface area contributed by atoms with E-state index in [2.05, 4.69) is 28.2 Å². The van der Waals surface area contributed by atoms with Crippen LogP contribution >= 0.6 is 22.7 Å². The molecule has 1 aromatic carbocycles. The maximum atomic E-state index is 11.2. The van der Waals surface area contributed by atoms with E-state index in [1.165, 1.54) is 15.5 Å². The van der Waals surface area contributed by atoms with Crippen LogP contribution in [0.1, 0.15) is 5.56 Å². The molecule has 5 heteroatoms. The van der Waals surface area contributed by atoms with Gasteiger partial charge in [0, 0.05) is 15.5 Å². The molecular weight excluding hydrogens is 302 g/mol. The second-order valence-corrected chi connectivity index (χ2v) is 6.21. The Balaban J connectivity index is 0.000000140. The molecule has 4 rings (SSSR count). The number of imide groups is 1. The fourth-order valence-electron chi connectivity index (χ4n) is 1.94. The van der Waals surface area contributed by atoms with Crippen molar-refractivity contribution in [3.8, 4) is 0 Å². The normalized spacial score (nSPS) is 13.6. The maximum Gasteiger partial charge on any atom is 0.258 e. The minimum atomic E-state index is -0.344. The first kappa shape index (κ1) is 13.7. The minimum absolute atomic E-state index is 0.323. The van der Waals surface area contributed by atoms with Gasteiger partial charge in [-0.05, 0) is 28.5 Å². The van der Waals surface area contributed by atoms with Crippen molar-refractivity contribution in [1.82, 2.24) is 5.32 Å². The first-order valence-electron chi connectivity index (χ1n) is 6.27. The summed E-state index contributed by atoms with van der Waals surface area (Å²) >= 11 is 3.61. The lowest BCUT2D eigenvalue weighted by Gasteiger charge is -1.97. The molecule has 0 spiro atoms. The van der Waals surface area contributed by atoms with E-state index in [9.17, 15) is 9.59 Å². The van der Waals surface area contributed by atoms with Crippen molar-refractivity contribution in [2.24, 2.45) is 0 Å². The van der Waals surface area contributed by atoms with E-state index < -0.39 is 0 Å². The van der Waals surface area contributed by atoms with Crippen LogP contribution in [0.25, 0.3) is 15.0 Å². The van der Waals surface area contributed by atoms with Crippen molar-refractivity contribution in [2.75, 3.05) is 0 Å². The highest BCUT2D eigenvalue weighted by Gasteiger charge is 2.21. The van der Waals surface area contributed by atoms with Crippen molar-refractivity contribution in [1.29, 1.82) is 0 Å². The molecule has 2 aromatic heterocycles. The predicted octanol–water partition coefficient (Wildman–Crippen LogP) is 3.69. The standard InChI is InChI=1S/C10H7NO2.C6H4S2/c12-9-6-8(10(13)11-9)7-4-2-1-3-5-7;1-3-7-6-2-4-8-5(1)6/h1-6H,(H,11,12,13);1-4H. The average molecular weight is 313 g/mol. The smallest absolute Gasteiger partial charge is 0.258 e. The molecule has 2 amide bonds. The number of rotatable bonds is 1. The Kier molecular flexibility index (Phi) is 3.94. The van der Waals surface area contributed by atoms with Crippen molar-refractivity contribution in [3.63, 3.8) is 0 Å². The zero-order chi connectivity index (χ0) is 14.7. The first-order chi connectivity index (χ1) is 10.2. The van der Waals surface area contributed by atoms with Crippen molar-refractivity contribution in [3.05, 3.63) is 64.9 Å². The molecule has 3 aromatic rings. The maximum absolute atomic E-state index is 11.2. The number of amides is 2. The number of carbonyl (C=O) groups excluding carboxylic acids is 2. The number of benzene rings is 1. The molecule has 0 atom stereocenters. The zero-order valence-corrected chi connectivity index (χ0v) is 12.5. The van der Waals surface area contributed by atoms with Crippen molar-refractivity contribution < 1.29 is 9.59 Å². The number of thiophene rings is 2. The summed E-state index contributed by atoms with van der Waals surface area (Å²) in [5.74, 6) is -0.667. The summed E-state index contributed by atoms with van der Waals surface area (Å²) in [7, 11) is 0. The summed E-state index contributed by atoms with van der Waals surface area (Å²) in [5, 5.41) is 6.45. The number of nitrogens with one attached hydrogen (secondary N) is 1. The molecule has 0 saturated carbocycles. The summed E-state index contributed by atoms with van der Waals surface area (Å²) in [4.78, 5) is 22.0. The van der Waals surface area contributed by atoms with E-state index in [4.69, 9.17) is 0 Å². The van der Waals surface area contributed by atoms with Crippen LogP contribution < -0.4 is 5.32 Å². The Hall–Kier alpha value is -2.24. The van der Waals surface area contributed by atoms with Gasteiger partial charge >= 0.3 is 0 Å². The summed E-state index contributed by atoms with van der Waals surface area (Å²) in [5.41, 5.74) is 1.21. The van der Waals surface area contributed by atoms with Crippen LogP contribution in [0.15, 0.2) is 59.3 Å². The predicted molar refractivity (Wildman–Crippen MR) is 87.3 cm³/mol. The van der Waals surface area contributed by atoms with E-state index >= 15 is 0 Å². The minimum Gasteiger partial charge on any atom is -0.289 e. The summed E-state index contributed by atoms with van der Waals surface area (Å²) < 4.78 is 2.82. The van der Waals surface area contributed by atoms with Gasteiger partial charge in [0.05, 0.1) is 5.57 Å². The Labute approximate surface area is 129 Å². The summed E-state index contributed by atoms with van der Waals surface area (Å²) in [6, 6.07) is 13.4. The van der Waals surface area contributed by atoms with E-state index in [1.54, 1.807) is 34.8 Å². The SMILES string of the molecule is O=C1C=C(c2ccccc2)C(=O)N1.c1cc2sccc2s1. The second kappa shape index (κ2) is 6.03. The second-order valence-electron chi connectivity index (χ2n) is 4.31. The molecule has 0 radical (unpaired) electrons. The van der Waals surface area contributed by atoms with E-state index in [0.717, 1.165) is 5.56 Å². The van der Waals surface area contributed by atoms with Crippen LogP contribution in [-0.4, -0.2) is 11.8 Å². The molecule has 0 aliphatic carbocycles. The average Bonchev–Trinajstić information content (AvgIpc) is 3.16. The molecule has 1 aliphatic rings. The lowest BCUT2D eigenvalue weighted by Crippen LogP contribution is -2.21. The molecule has 21 heavy (non-hydrogen) atoms. The van der Waals surface area contributed by atoms with Gasteiger partial charge < -0.3 is 0 Å². The topological polar surface area (TPSA) is 46.2 Å². The van der Waals surface area contributed by atoms with E-state index in [0.29, 0.717) is 5.57 Å². The van der Waals surface area contributed by atoms with E-state index in [1.807, 2.05) is 18.2 Å². The number of hydrogen-bond donors (Lipinski definition) is 1. The van der Waals surface area contributed by atoms with Crippen LogP contribution in [0.4, 0.5) is 0 Å².